The van der Waals surface area contributed by atoms with Gasteiger partial charge in [-0.2, -0.15) is 0 Å². The fraction of sp³-hybridized carbons (Fsp3) is 0.455. The number of hydrogen-bond donors (Lipinski definition) is 1. The maximum Gasteiger partial charge on any atom is 0.119 e. The molecule has 0 aliphatic rings. The molecule has 0 spiro atoms. The van der Waals surface area contributed by atoms with Gasteiger partial charge in [-0.25, -0.2) is 0 Å². The van der Waals surface area contributed by atoms with Crippen LogP contribution in [-0.2, 0) is 10.2 Å². The van der Waals surface area contributed by atoms with Gasteiger partial charge in [-0.1, -0.05) is 38.1 Å². The van der Waals surface area contributed by atoms with Crippen molar-refractivity contribution in [3.63, 3.8) is 0 Å². The van der Waals surface area contributed by atoms with E-state index in [2.05, 4.69) is 38.1 Å². The topological polar surface area (TPSA) is 47.9 Å². The Morgan fingerprint density at radius 1 is 0.769 bits per heavy atom. The SMILES string of the molecule is CC(C)OCCOc1ccc(C(C)(C)c2ccc(OCCO)cc2)cc1. The molecule has 0 saturated heterocycles. The van der Waals surface area contributed by atoms with E-state index >= 15 is 0 Å². The molecule has 0 amide bonds. The summed E-state index contributed by atoms with van der Waals surface area (Å²) >= 11 is 0. The Kier molecular flexibility index (Phi) is 7.49. The van der Waals surface area contributed by atoms with Crippen molar-refractivity contribution >= 4 is 0 Å². The summed E-state index contributed by atoms with van der Waals surface area (Å²) in [5.74, 6) is 1.62. The molecule has 0 unspecified atom stereocenters. The molecule has 0 fully saturated rings. The predicted octanol–water partition coefficient (Wildman–Crippen LogP) is 4.19. The smallest absolute Gasteiger partial charge is 0.119 e. The first-order chi connectivity index (χ1) is 12.4. The van der Waals surface area contributed by atoms with Crippen LogP contribution in [0.2, 0.25) is 0 Å². The fourth-order valence-corrected chi connectivity index (χ4v) is 2.71. The van der Waals surface area contributed by atoms with E-state index in [-0.39, 0.29) is 18.1 Å². The highest BCUT2D eigenvalue weighted by molar-refractivity contribution is 5.41. The molecule has 0 aliphatic heterocycles. The second kappa shape index (κ2) is 9.60. The van der Waals surface area contributed by atoms with Crippen molar-refractivity contribution in [1.29, 1.82) is 0 Å². The fourth-order valence-electron chi connectivity index (χ4n) is 2.71. The number of ether oxygens (including phenoxy) is 3. The van der Waals surface area contributed by atoms with Gasteiger partial charge in [0.25, 0.3) is 0 Å². The van der Waals surface area contributed by atoms with Gasteiger partial charge in [0.1, 0.15) is 24.7 Å². The molecule has 4 heteroatoms. The van der Waals surface area contributed by atoms with Crippen LogP contribution in [0.1, 0.15) is 38.8 Å². The van der Waals surface area contributed by atoms with E-state index in [1.165, 1.54) is 11.1 Å². The molecule has 142 valence electrons. The second-order valence-corrected chi connectivity index (χ2v) is 7.01. The lowest BCUT2D eigenvalue weighted by Gasteiger charge is -2.26. The first kappa shape index (κ1) is 20.3. The third-order valence-corrected chi connectivity index (χ3v) is 4.32. The van der Waals surface area contributed by atoms with Gasteiger partial charge in [0.05, 0.1) is 19.3 Å². The molecule has 26 heavy (non-hydrogen) atoms. The van der Waals surface area contributed by atoms with E-state index in [0.717, 1.165) is 11.5 Å². The Morgan fingerprint density at radius 2 is 1.23 bits per heavy atom. The highest BCUT2D eigenvalue weighted by Crippen LogP contribution is 2.33. The molecule has 2 rings (SSSR count). The van der Waals surface area contributed by atoms with Crippen molar-refractivity contribution in [3.05, 3.63) is 59.7 Å². The quantitative estimate of drug-likeness (QED) is 0.647. The lowest BCUT2D eigenvalue weighted by atomic mass is 9.78. The van der Waals surface area contributed by atoms with E-state index in [9.17, 15) is 0 Å². The van der Waals surface area contributed by atoms with E-state index in [1.807, 2.05) is 38.1 Å². The first-order valence-corrected chi connectivity index (χ1v) is 9.12. The molecule has 1 N–H and O–H groups in total. The monoisotopic (exact) mass is 358 g/mol. The Balaban J connectivity index is 1.99. The molecule has 0 aromatic heterocycles. The highest BCUT2D eigenvalue weighted by Gasteiger charge is 2.23. The average Bonchev–Trinajstić information content (AvgIpc) is 2.64. The summed E-state index contributed by atoms with van der Waals surface area (Å²) in [5, 5.41) is 8.83. The molecule has 4 nitrogen and oxygen atoms in total. The number of aliphatic hydroxyl groups is 1. The number of aliphatic hydroxyl groups excluding tert-OH is 1. The van der Waals surface area contributed by atoms with Gasteiger partial charge in [-0.05, 0) is 49.2 Å². The van der Waals surface area contributed by atoms with Crippen LogP contribution >= 0.6 is 0 Å². The molecule has 2 aromatic rings. The summed E-state index contributed by atoms with van der Waals surface area (Å²) in [5.41, 5.74) is 2.29. The second-order valence-electron chi connectivity index (χ2n) is 7.01. The first-order valence-electron chi connectivity index (χ1n) is 9.12. The Hall–Kier alpha value is -2.04. The average molecular weight is 358 g/mol. The Morgan fingerprint density at radius 3 is 1.65 bits per heavy atom. The van der Waals surface area contributed by atoms with Crippen LogP contribution in [0.25, 0.3) is 0 Å². The zero-order chi connectivity index (χ0) is 19.0. The summed E-state index contributed by atoms with van der Waals surface area (Å²) < 4.78 is 16.6. The van der Waals surface area contributed by atoms with Crippen LogP contribution in [0, 0.1) is 0 Å². The van der Waals surface area contributed by atoms with Gasteiger partial charge in [-0.15, -0.1) is 0 Å². The van der Waals surface area contributed by atoms with Crippen molar-refractivity contribution in [3.8, 4) is 11.5 Å². The van der Waals surface area contributed by atoms with Crippen LogP contribution < -0.4 is 9.47 Å². The number of benzene rings is 2. The standard InChI is InChI=1S/C22H30O4/c1-17(2)24-15-16-26-21-11-7-19(8-12-21)22(3,4)18-5-9-20(10-6-18)25-14-13-23/h5-12,17,23H,13-16H2,1-4H3. The molecule has 0 aliphatic carbocycles. The predicted molar refractivity (Wildman–Crippen MR) is 104 cm³/mol. The molecular formula is C22H30O4. The third kappa shape index (κ3) is 5.75. The Labute approximate surface area is 156 Å². The van der Waals surface area contributed by atoms with Gasteiger partial charge in [0, 0.05) is 5.41 Å². The zero-order valence-electron chi connectivity index (χ0n) is 16.2. The lowest BCUT2D eigenvalue weighted by Crippen LogP contribution is -2.18. The Bertz CT molecular complexity index is 645. The van der Waals surface area contributed by atoms with E-state index in [4.69, 9.17) is 19.3 Å². The molecule has 0 heterocycles. The van der Waals surface area contributed by atoms with Crippen LogP contribution in [0.4, 0.5) is 0 Å². The van der Waals surface area contributed by atoms with Crippen LogP contribution in [0.15, 0.2) is 48.5 Å². The molecule has 0 atom stereocenters. The summed E-state index contributed by atoms with van der Waals surface area (Å²) in [4.78, 5) is 0. The highest BCUT2D eigenvalue weighted by atomic mass is 16.5. The summed E-state index contributed by atoms with van der Waals surface area (Å²) in [6, 6.07) is 16.2. The third-order valence-electron chi connectivity index (χ3n) is 4.32. The van der Waals surface area contributed by atoms with Crippen molar-refractivity contribution in [2.75, 3.05) is 26.4 Å². The van der Waals surface area contributed by atoms with Gasteiger partial charge in [0.2, 0.25) is 0 Å². The van der Waals surface area contributed by atoms with Crippen molar-refractivity contribution < 1.29 is 19.3 Å². The van der Waals surface area contributed by atoms with Gasteiger partial charge in [0.15, 0.2) is 0 Å². The largest absolute Gasteiger partial charge is 0.491 e. The summed E-state index contributed by atoms with van der Waals surface area (Å²) in [6.07, 6.45) is 0.224. The minimum Gasteiger partial charge on any atom is -0.491 e. The maximum atomic E-state index is 8.83. The molecule has 0 bridgehead atoms. The van der Waals surface area contributed by atoms with Crippen molar-refractivity contribution in [1.82, 2.24) is 0 Å². The number of rotatable bonds is 10. The van der Waals surface area contributed by atoms with Gasteiger partial charge < -0.3 is 19.3 Å². The van der Waals surface area contributed by atoms with Crippen LogP contribution in [0.3, 0.4) is 0 Å². The molecular weight excluding hydrogens is 328 g/mol. The van der Waals surface area contributed by atoms with Crippen LogP contribution in [-0.4, -0.2) is 37.6 Å². The maximum absolute atomic E-state index is 8.83. The van der Waals surface area contributed by atoms with Crippen LogP contribution in [0.5, 0.6) is 11.5 Å². The molecule has 0 radical (unpaired) electrons. The lowest BCUT2D eigenvalue weighted by molar-refractivity contribution is 0.0552. The minimum absolute atomic E-state index is 0.0191. The van der Waals surface area contributed by atoms with Gasteiger partial charge in [-0.3, -0.25) is 0 Å². The summed E-state index contributed by atoms with van der Waals surface area (Å²) in [6.45, 7) is 9.90. The van der Waals surface area contributed by atoms with E-state index in [1.54, 1.807) is 0 Å². The minimum atomic E-state index is -0.130. The molecule has 2 aromatic carbocycles. The van der Waals surface area contributed by atoms with Gasteiger partial charge >= 0.3 is 0 Å². The van der Waals surface area contributed by atoms with Crippen molar-refractivity contribution in [2.45, 2.75) is 39.2 Å². The van der Waals surface area contributed by atoms with E-state index < -0.39 is 0 Å². The van der Waals surface area contributed by atoms with E-state index in [0.29, 0.717) is 19.8 Å². The van der Waals surface area contributed by atoms with Crippen molar-refractivity contribution in [2.24, 2.45) is 0 Å². The number of hydrogen-bond acceptors (Lipinski definition) is 4. The zero-order valence-corrected chi connectivity index (χ0v) is 16.2. The molecule has 0 saturated carbocycles. The normalized spacial score (nSPS) is 11.6. The summed E-state index contributed by atoms with van der Waals surface area (Å²) in [7, 11) is 0.